The number of benzene rings is 2. The van der Waals surface area contributed by atoms with E-state index in [-0.39, 0.29) is 41.6 Å². The summed E-state index contributed by atoms with van der Waals surface area (Å²) in [7, 11) is -3.73. The highest BCUT2D eigenvalue weighted by Gasteiger charge is 2.33. The maximum Gasteiger partial charge on any atom is 0.242 e. The van der Waals surface area contributed by atoms with E-state index in [1.165, 1.54) is 25.1 Å². The summed E-state index contributed by atoms with van der Waals surface area (Å²) in [6.07, 6.45) is 6.76. The number of unbranched alkanes of at least 4 members (excludes halogenated alkanes) is 1. The monoisotopic (exact) mass is 596 g/mol. The number of fused-ring (bicyclic) bond motifs is 1. The number of amides is 2. The lowest BCUT2D eigenvalue weighted by Gasteiger charge is -2.35. The first-order valence-corrected chi connectivity index (χ1v) is 15.8. The lowest BCUT2D eigenvalue weighted by atomic mass is 9.76. The molecule has 0 bridgehead atoms. The van der Waals surface area contributed by atoms with Crippen molar-refractivity contribution in [3.05, 3.63) is 95.1 Å². The highest BCUT2D eigenvalue weighted by Crippen LogP contribution is 2.36. The number of carbonyl (C=O) groups is 2. The number of hydrogen-bond acceptors (Lipinski definition) is 6. The van der Waals surface area contributed by atoms with Gasteiger partial charge in [0.05, 0.1) is 5.75 Å². The SMILES string of the molecule is CC(=O)N[C@@H](CCCCNS(=O)(=O)Cc1ccccc1F)C(=O)N[C@H]1CCc2cc(O)ccc2[C@H]1Cc1cccnc1. The quantitative estimate of drug-likeness (QED) is 0.223. The third kappa shape index (κ3) is 8.83. The van der Waals surface area contributed by atoms with Crippen LogP contribution in [0.5, 0.6) is 5.75 Å². The molecule has 0 aliphatic heterocycles. The molecule has 42 heavy (non-hydrogen) atoms. The van der Waals surface area contributed by atoms with Gasteiger partial charge in [-0.15, -0.1) is 0 Å². The third-order valence-corrected chi connectivity index (χ3v) is 8.82. The van der Waals surface area contributed by atoms with Crippen molar-refractivity contribution in [3.63, 3.8) is 0 Å². The van der Waals surface area contributed by atoms with Gasteiger partial charge in [-0.25, -0.2) is 17.5 Å². The Morgan fingerprint density at radius 1 is 1.12 bits per heavy atom. The molecule has 1 aliphatic carbocycles. The number of sulfonamides is 1. The molecule has 0 spiro atoms. The molecule has 3 atom stereocenters. The van der Waals surface area contributed by atoms with Gasteiger partial charge < -0.3 is 15.7 Å². The van der Waals surface area contributed by atoms with E-state index >= 15 is 0 Å². The standard InChI is InChI=1S/C31H37FN4O5S/c1-21(37)35-30(10-4-5-16-34-42(40,41)20-24-8-2-3-9-28(24)32)31(39)36-29-14-11-23-18-25(38)12-13-26(23)27(29)17-22-7-6-15-33-19-22/h2-3,6-9,12-13,15,18-19,27,29-30,34,38H,4-5,10-11,14,16-17,20H2,1H3,(H,35,37)(H,36,39)/t27-,29+,30+/m1/s1. The first-order chi connectivity index (χ1) is 20.1. The number of carbonyl (C=O) groups excluding carboxylic acids is 2. The number of aromatic hydroxyl groups is 1. The number of aromatic nitrogens is 1. The summed E-state index contributed by atoms with van der Waals surface area (Å²) >= 11 is 0. The fraction of sp³-hybridized carbons (Fsp3) is 0.387. The van der Waals surface area contributed by atoms with E-state index in [1.807, 2.05) is 18.2 Å². The summed E-state index contributed by atoms with van der Waals surface area (Å²) in [6, 6.07) is 14.0. The van der Waals surface area contributed by atoms with E-state index in [0.717, 1.165) is 16.7 Å². The Hall–Kier alpha value is -3.83. The molecule has 224 valence electrons. The Kier molecular flexibility index (Phi) is 10.6. The van der Waals surface area contributed by atoms with Crippen LogP contribution in [0.4, 0.5) is 4.39 Å². The van der Waals surface area contributed by atoms with Crippen LogP contribution >= 0.6 is 0 Å². The molecule has 1 heterocycles. The molecular formula is C31H37FN4O5S. The maximum absolute atomic E-state index is 13.8. The fourth-order valence-corrected chi connectivity index (χ4v) is 6.67. The van der Waals surface area contributed by atoms with Gasteiger partial charge in [0, 0.05) is 43.4 Å². The molecule has 4 N–H and O–H groups in total. The van der Waals surface area contributed by atoms with E-state index in [0.29, 0.717) is 38.5 Å². The molecule has 1 aromatic heterocycles. The van der Waals surface area contributed by atoms with Crippen LogP contribution in [0.25, 0.3) is 0 Å². The fourth-order valence-electron chi connectivity index (χ4n) is 5.47. The Bertz CT molecular complexity index is 1490. The number of aryl methyl sites for hydroxylation is 1. The minimum atomic E-state index is -3.73. The Morgan fingerprint density at radius 2 is 1.93 bits per heavy atom. The van der Waals surface area contributed by atoms with Crippen LogP contribution in [0.2, 0.25) is 0 Å². The zero-order valence-electron chi connectivity index (χ0n) is 23.6. The minimum Gasteiger partial charge on any atom is -0.508 e. The van der Waals surface area contributed by atoms with Gasteiger partial charge in [-0.3, -0.25) is 14.6 Å². The van der Waals surface area contributed by atoms with E-state index < -0.39 is 27.6 Å². The minimum absolute atomic E-state index is 0.0515. The van der Waals surface area contributed by atoms with Crippen molar-refractivity contribution in [2.24, 2.45) is 0 Å². The molecule has 2 amide bonds. The number of pyridine rings is 1. The van der Waals surface area contributed by atoms with Gasteiger partial charge in [0.15, 0.2) is 0 Å². The Balaban J connectivity index is 1.36. The van der Waals surface area contributed by atoms with Gasteiger partial charge in [-0.05, 0) is 79.5 Å². The normalized spacial score (nSPS) is 17.2. The number of hydrogen-bond donors (Lipinski definition) is 4. The predicted molar refractivity (Wildman–Crippen MR) is 158 cm³/mol. The maximum atomic E-state index is 13.8. The summed E-state index contributed by atoms with van der Waals surface area (Å²) < 4.78 is 41.1. The first kappa shape index (κ1) is 31.1. The third-order valence-electron chi connectivity index (χ3n) is 7.48. The molecule has 1 aliphatic rings. The largest absolute Gasteiger partial charge is 0.508 e. The Morgan fingerprint density at radius 3 is 2.67 bits per heavy atom. The van der Waals surface area contributed by atoms with Crippen molar-refractivity contribution in [3.8, 4) is 5.75 Å². The average molecular weight is 597 g/mol. The smallest absolute Gasteiger partial charge is 0.242 e. The summed E-state index contributed by atoms with van der Waals surface area (Å²) in [5.74, 6) is -1.51. The van der Waals surface area contributed by atoms with Crippen molar-refractivity contribution >= 4 is 21.8 Å². The van der Waals surface area contributed by atoms with Gasteiger partial charge in [0.25, 0.3) is 0 Å². The highest BCUT2D eigenvalue weighted by molar-refractivity contribution is 7.88. The Labute approximate surface area is 246 Å². The van der Waals surface area contributed by atoms with Crippen LogP contribution in [0.1, 0.15) is 60.8 Å². The molecule has 0 fully saturated rings. The van der Waals surface area contributed by atoms with Gasteiger partial charge in [0.2, 0.25) is 21.8 Å². The molecule has 0 radical (unpaired) electrons. The van der Waals surface area contributed by atoms with E-state index in [2.05, 4.69) is 20.3 Å². The van der Waals surface area contributed by atoms with Crippen LogP contribution in [-0.2, 0) is 38.2 Å². The second-order valence-electron chi connectivity index (χ2n) is 10.7. The molecule has 3 aromatic rings. The average Bonchev–Trinajstić information content (AvgIpc) is 2.94. The lowest BCUT2D eigenvalue weighted by Crippen LogP contribution is -2.51. The van der Waals surface area contributed by atoms with Crippen molar-refractivity contribution in [2.75, 3.05) is 6.54 Å². The number of nitrogens with one attached hydrogen (secondary N) is 3. The second-order valence-corrected chi connectivity index (χ2v) is 12.5. The summed E-state index contributed by atoms with van der Waals surface area (Å²) in [5.41, 5.74) is 3.23. The van der Waals surface area contributed by atoms with Crippen molar-refractivity contribution in [1.82, 2.24) is 20.3 Å². The summed E-state index contributed by atoms with van der Waals surface area (Å²) in [6.45, 7) is 1.48. The van der Waals surface area contributed by atoms with Crippen molar-refractivity contribution < 1.29 is 27.5 Å². The van der Waals surface area contributed by atoms with Crippen LogP contribution in [-0.4, -0.2) is 49.0 Å². The van der Waals surface area contributed by atoms with E-state index in [4.69, 9.17) is 0 Å². The first-order valence-electron chi connectivity index (χ1n) is 14.1. The van der Waals surface area contributed by atoms with E-state index in [9.17, 15) is 27.5 Å². The number of halogens is 1. The van der Waals surface area contributed by atoms with Crippen LogP contribution < -0.4 is 15.4 Å². The molecule has 9 nitrogen and oxygen atoms in total. The topological polar surface area (TPSA) is 137 Å². The van der Waals surface area contributed by atoms with Crippen molar-refractivity contribution in [1.29, 1.82) is 0 Å². The number of phenols is 1. The summed E-state index contributed by atoms with van der Waals surface area (Å²) in [5, 5.41) is 15.9. The van der Waals surface area contributed by atoms with E-state index in [1.54, 1.807) is 30.6 Å². The van der Waals surface area contributed by atoms with Crippen LogP contribution in [0, 0.1) is 5.82 Å². The zero-order valence-corrected chi connectivity index (χ0v) is 24.4. The molecular weight excluding hydrogens is 559 g/mol. The van der Waals surface area contributed by atoms with Crippen molar-refractivity contribution in [2.45, 2.75) is 69.2 Å². The molecule has 11 heteroatoms. The second kappa shape index (κ2) is 14.4. The van der Waals surface area contributed by atoms with Gasteiger partial charge in [-0.2, -0.15) is 0 Å². The molecule has 0 saturated heterocycles. The lowest BCUT2D eigenvalue weighted by molar-refractivity contribution is -0.129. The van der Waals surface area contributed by atoms with Gasteiger partial charge >= 0.3 is 0 Å². The predicted octanol–water partition coefficient (Wildman–Crippen LogP) is 3.48. The van der Waals surface area contributed by atoms with Gasteiger partial charge in [-0.1, -0.05) is 30.3 Å². The zero-order chi connectivity index (χ0) is 30.1. The highest BCUT2D eigenvalue weighted by atomic mass is 32.2. The number of rotatable bonds is 13. The van der Waals surface area contributed by atoms with Crippen LogP contribution in [0.3, 0.4) is 0 Å². The molecule has 2 aromatic carbocycles. The molecule has 0 unspecified atom stereocenters. The number of nitrogens with zero attached hydrogens (tertiary/aromatic N) is 1. The van der Waals surface area contributed by atoms with Gasteiger partial charge in [0.1, 0.15) is 17.6 Å². The summed E-state index contributed by atoms with van der Waals surface area (Å²) in [4.78, 5) is 29.6. The molecule has 4 rings (SSSR count). The number of phenolic OH excluding ortho intramolecular Hbond substituents is 1. The van der Waals surface area contributed by atoms with Crippen LogP contribution in [0.15, 0.2) is 67.0 Å². The molecule has 0 saturated carbocycles.